The molecule has 0 amide bonds. The summed E-state index contributed by atoms with van der Waals surface area (Å²) in [6.45, 7) is 2.67. The summed E-state index contributed by atoms with van der Waals surface area (Å²) in [6.07, 6.45) is -5.23. The van der Waals surface area contributed by atoms with Gasteiger partial charge in [0.2, 0.25) is 5.75 Å². The van der Waals surface area contributed by atoms with Gasteiger partial charge in [-0.2, -0.15) is 13.2 Å². The molecule has 1 aliphatic carbocycles. The van der Waals surface area contributed by atoms with Crippen LogP contribution in [0.1, 0.15) is 42.6 Å². The molecule has 0 fully saturated rings. The van der Waals surface area contributed by atoms with Crippen molar-refractivity contribution >= 4 is 11.8 Å². The van der Waals surface area contributed by atoms with Gasteiger partial charge in [-0.05, 0) is 43.5 Å². The first-order valence-corrected chi connectivity index (χ1v) is 10.3. The number of ketones is 1. The molecular formula is C24H25F3O6. The van der Waals surface area contributed by atoms with E-state index in [1.165, 1.54) is 28.1 Å². The van der Waals surface area contributed by atoms with Crippen molar-refractivity contribution in [1.82, 2.24) is 0 Å². The summed E-state index contributed by atoms with van der Waals surface area (Å²) in [5, 5.41) is 0. The number of Topliss-reactive ketones (excluding diaryl/α,β-unsaturated/α-hetero) is 1. The van der Waals surface area contributed by atoms with Crippen LogP contribution >= 0.6 is 0 Å². The maximum atomic E-state index is 12.5. The molecule has 6 nitrogen and oxygen atoms in total. The number of esters is 1. The van der Waals surface area contributed by atoms with E-state index >= 15 is 0 Å². The highest BCUT2D eigenvalue weighted by Crippen LogP contribution is 2.45. The number of rotatable bonds is 8. The van der Waals surface area contributed by atoms with E-state index in [0.717, 1.165) is 11.1 Å². The Labute approximate surface area is 189 Å². The molecule has 178 valence electrons. The number of hydrogen-bond acceptors (Lipinski definition) is 6. The molecule has 3 rings (SSSR count). The molecule has 0 atom stereocenters. The van der Waals surface area contributed by atoms with Gasteiger partial charge < -0.3 is 18.9 Å². The first-order valence-electron chi connectivity index (χ1n) is 10.3. The number of ether oxygens (including phenoxy) is 4. The molecule has 1 aliphatic rings. The molecule has 2 aromatic carbocycles. The lowest BCUT2D eigenvalue weighted by molar-refractivity contribution is -0.182. The smallest absolute Gasteiger partial charge is 0.399 e. The summed E-state index contributed by atoms with van der Waals surface area (Å²) in [5.41, 5.74) is 1.68. The van der Waals surface area contributed by atoms with Crippen LogP contribution in [0.5, 0.6) is 17.2 Å². The van der Waals surface area contributed by atoms with Gasteiger partial charge in [-0.25, -0.2) is 0 Å². The van der Waals surface area contributed by atoms with Crippen molar-refractivity contribution in [2.75, 3.05) is 20.8 Å². The number of hydrogen-bond donors (Lipinski definition) is 0. The molecule has 0 heterocycles. The molecule has 0 N–H and O–H groups in total. The van der Waals surface area contributed by atoms with E-state index in [1.54, 1.807) is 24.3 Å². The minimum absolute atomic E-state index is 0.0998. The summed E-state index contributed by atoms with van der Waals surface area (Å²) in [5.74, 6) is -0.343. The zero-order valence-electron chi connectivity index (χ0n) is 18.8. The first kappa shape index (κ1) is 24.4. The number of methoxy groups -OCH3 is 2. The summed E-state index contributed by atoms with van der Waals surface area (Å²) in [7, 11) is 2.90. The van der Waals surface area contributed by atoms with E-state index in [9.17, 15) is 22.8 Å². The van der Waals surface area contributed by atoms with Crippen molar-refractivity contribution in [2.45, 2.75) is 44.9 Å². The first-order chi connectivity index (χ1) is 15.4. The molecule has 0 aliphatic heterocycles. The maximum Gasteiger partial charge on any atom is 0.399 e. The Morgan fingerprint density at radius 2 is 1.67 bits per heavy atom. The predicted octanol–water partition coefficient (Wildman–Crippen LogP) is 5.15. The third kappa shape index (κ3) is 5.77. The number of halogens is 3. The fraction of sp³-hybridized carbons (Fsp3) is 0.417. The minimum atomic E-state index is -4.66. The zero-order chi connectivity index (χ0) is 24.4. The summed E-state index contributed by atoms with van der Waals surface area (Å²) >= 11 is 0. The zero-order valence-corrected chi connectivity index (χ0v) is 18.8. The van der Waals surface area contributed by atoms with Crippen LogP contribution in [-0.2, 0) is 16.0 Å². The fourth-order valence-electron chi connectivity index (χ4n) is 3.68. The monoisotopic (exact) mass is 466 g/mol. The Bertz CT molecular complexity index is 1060. The molecule has 0 aromatic heterocycles. The van der Waals surface area contributed by atoms with Crippen molar-refractivity contribution in [3.63, 3.8) is 0 Å². The van der Waals surface area contributed by atoms with Gasteiger partial charge in [0.1, 0.15) is 18.6 Å². The second-order valence-corrected chi connectivity index (χ2v) is 8.29. The lowest BCUT2D eigenvalue weighted by atomic mass is 9.99. The van der Waals surface area contributed by atoms with E-state index in [2.05, 4.69) is 0 Å². The quantitative estimate of drug-likeness (QED) is 0.501. The summed E-state index contributed by atoms with van der Waals surface area (Å²) in [4.78, 5) is 23.6. The standard InChI is InChI=1S/C24H25F3O6/c1-23(2,33-20(29)12-24(25,26)27)13-32-21-17(8-10-19(30-3)22(21)31-4)15-5-7-16-14(11-15)6-9-18(16)28/h5,7-8,10-11H,6,9,12-13H2,1-4H3. The van der Waals surface area contributed by atoms with Gasteiger partial charge in [0.15, 0.2) is 17.3 Å². The van der Waals surface area contributed by atoms with Crippen molar-refractivity contribution in [3.05, 3.63) is 41.5 Å². The molecular weight excluding hydrogens is 441 g/mol. The van der Waals surface area contributed by atoms with Crippen LogP contribution in [0.15, 0.2) is 30.3 Å². The molecule has 33 heavy (non-hydrogen) atoms. The van der Waals surface area contributed by atoms with E-state index in [1.807, 2.05) is 6.07 Å². The highest BCUT2D eigenvalue weighted by atomic mass is 19.4. The van der Waals surface area contributed by atoms with E-state index in [-0.39, 0.29) is 23.9 Å². The molecule has 0 saturated carbocycles. The molecule has 0 spiro atoms. The van der Waals surface area contributed by atoms with Crippen LogP contribution in [0.2, 0.25) is 0 Å². The number of aryl methyl sites for hydroxylation is 1. The second kappa shape index (κ2) is 9.33. The maximum absolute atomic E-state index is 12.5. The summed E-state index contributed by atoms with van der Waals surface area (Å²) in [6, 6.07) is 8.93. The lowest BCUT2D eigenvalue weighted by Crippen LogP contribution is -2.36. The largest absolute Gasteiger partial charge is 0.493 e. The average molecular weight is 466 g/mol. The van der Waals surface area contributed by atoms with Gasteiger partial charge in [0.25, 0.3) is 0 Å². The molecule has 0 unspecified atom stereocenters. The Morgan fingerprint density at radius 1 is 0.970 bits per heavy atom. The van der Waals surface area contributed by atoms with Gasteiger partial charge in [-0.1, -0.05) is 18.2 Å². The van der Waals surface area contributed by atoms with Crippen molar-refractivity contribution < 1.29 is 41.7 Å². The number of alkyl halides is 3. The van der Waals surface area contributed by atoms with Crippen molar-refractivity contribution in [1.29, 1.82) is 0 Å². The number of carbonyl (C=O) groups is 2. The molecule has 0 saturated heterocycles. The van der Waals surface area contributed by atoms with Crippen LogP contribution in [0.25, 0.3) is 11.1 Å². The average Bonchev–Trinajstić information content (AvgIpc) is 3.09. The Hall–Kier alpha value is -3.23. The van der Waals surface area contributed by atoms with E-state index in [0.29, 0.717) is 29.7 Å². The predicted molar refractivity (Wildman–Crippen MR) is 114 cm³/mol. The SMILES string of the molecule is COc1ccc(-c2ccc3c(c2)CCC3=O)c(OCC(C)(C)OC(=O)CC(F)(F)F)c1OC. The topological polar surface area (TPSA) is 71.1 Å². The van der Waals surface area contributed by atoms with Gasteiger partial charge >= 0.3 is 12.1 Å². The Kier molecular flexibility index (Phi) is 6.90. The molecule has 2 aromatic rings. The fourth-order valence-corrected chi connectivity index (χ4v) is 3.68. The van der Waals surface area contributed by atoms with Crippen LogP contribution < -0.4 is 14.2 Å². The molecule has 0 bridgehead atoms. The highest BCUT2D eigenvalue weighted by molar-refractivity contribution is 6.01. The highest BCUT2D eigenvalue weighted by Gasteiger charge is 2.35. The van der Waals surface area contributed by atoms with Gasteiger partial charge in [0.05, 0.1) is 14.2 Å². The number of carbonyl (C=O) groups excluding carboxylic acids is 2. The van der Waals surface area contributed by atoms with Gasteiger partial charge in [-0.15, -0.1) is 0 Å². The van der Waals surface area contributed by atoms with Crippen LogP contribution in [0, 0.1) is 0 Å². The van der Waals surface area contributed by atoms with E-state index in [4.69, 9.17) is 18.9 Å². The Morgan fingerprint density at radius 3 is 2.30 bits per heavy atom. The van der Waals surface area contributed by atoms with Gasteiger partial charge in [-0.3, -0.25) is 9.59 Å². The third-order valence-electron chi connectivity index (χ3n) is 5.14. The van der Waals surface area contributed by atoms with Crippen molar-refractivity contribution in [3.8, 4) is 28.4 Å². The number of fused-ring (bicyclic) bond motifs is 1. The van der Waals surface area contributed by atoms with Crippen LogP contribution in [-0.4, -0.2) is 44.4 Å². The van der Waals surface area contributed by atoms with Crippen molar-refractivity contribution in [2.24, 2.45) is 0 Å². The minimum Gasteiger partial charge on any atom is -0.493 e. The Balaban J connectivity index is 1.92. The third-order valence-corrected chi connectivity index (χ3v) is 5.14. The number of benzene rings is 2. The normalized spacial score (nSPS) is 13.5. The van der Waals surface area contributed by atoms with Crippen LogP contribution in [0.4, 0.5) is 13.2 Å². The second-order valence-electron chi connectivity index (χ2n) is 8.29. The van der Waals surface area contributed by atoms with Crippen LogP contribution in [0.3, 0.4) is 0 Å². The van der Waals surface area contributed by atoms with Gasteiger partial charge in [0, 0.05) is 17.5 Å². The van der Waals surface area contributed by atoms with E-state index < -0.39 is 24.2 Å². The molecule has 9 heteroatoms. The lowest BCUT2D eigenvalue weighted by Gasteiger charge is -2.27. The summed E-state index contributed by atoms with van der Waals surface area (Å²) < 4.78 is 59.3. The molecule has 0 radical (unpaired) electrons.